The third kappa shape index (κ3) is 6.88. The summed E-state index contributed by atoms with van der Waals surface area (Å²) >= 11 is 1.62. The molecule has 1 aromatic heterocycles. The molecule has 7 heteroatoms. The molecule has 2 atom stereocenters. The molecule has 3 heterocycles. The summed E-state index contributed by atoms with van der Waals surface area (Å²) in [6, 6.07) is 7.81. The van der Waals surface area contributed by atoms with E-state index in [2.05, 4.69) is 23.7 Å². The highest BCUT2D eigenvalue weighted by Crippen LogP contribution is 2.23. The molecule has 1 aromatic carbocycles. The first-order chi connectivity index (χ1) is 16.0. The van der Waals surface area contributed by atoms with Gasteiger partial charge in [-0.2, -0.15) is 0 Å². The summed E-state index contributed by atoms with van der Waals surface area (Å²) < 4.78 is 11.8. The molecule has 0 radical (unpaired) electrons. The average Bonchev–Trinajstić information content (AvgIpc) is 3.21. The van der Waals surface area contributed by atoms with Gasteiger partial charge in [-0.25, -0.2) is 4.98 Å². The molecule has 0 N–H and O–H groups in total. The zero-order valence-corrected chi connectivity index (χ0v) is 20.7. The highest BCUT2D eigenvalue weighted by atomic mass is 32.1. The number of hydrogen-bond donors (Lipinski definition) is 0. The monoisotopic (exact) mass is 469 g/mol. The Labute approximate surface area is 201 Å². The fraction of sp³-hybridized carbons (Fsp3) is 0.538. The van der Waals surface area contributed by atoms with Crippen molar-refractivity contribution < 1.29 is 14.3 Å². The van der Waals surface area contributed by atoms with Crippen LogP contribution < -0.4 is 4.74 Å². The Balaban J connectivity index is 1.26. The number of thiazole rings is 1. The summed E-state index contributed by atoms with van der Waals surface area (Å²) in [7, 11) is 0. The number of amides is 1. The molecule has 2 saturated heterocycles. The van der Waals surface area contributed by atoms with Crippen molar-refractivity contribution >= 4 is 23.3 Å². The van der Waals surface area contributed by atoms with Crippen LogP contribution in [0.4, 0.5) is 0 Å². The number of nitrogens with zero attached hydrogens (tertiary/aromatic N) is 3. The first-order valence-corrected chi connectivity index (χ1v) is 12.8. The number of rotatable bonds is 7. The summed E-state index contributed by atoms with van der Waals surface area (Å²) in [5, 5.41) is 3.05. The molecular formula is C26H35N3O3S. The summed E-state index contributed by atoms with van der Waals surface area (Å²) in [6.45, 7) is 11.5. The number of para-hydroxylation sites is 1. The third-order valence-electron chi connectivity index (χ3n) is 6.30. The lowest BCUT2D eigenvalue weighted by atomic mass is 9.95. The Bertz CT molecular complexity index is 942. The molecule has 2 aromatic rings. The van der Waals surface area contributed by atoms with E-state index >= 15 is 0 Å². The van der Waals surface area contributed by atoms with Gasteiger partial charge in [0.15, 0.2) is 0 Å². The maximum absolute atomic E-state index is 12.8. The second kappa shape index (κ2) is 11.3. The summed E-state index contributed by atoms with van der Waals surface area (Å²) in [5.74, 6) is 1.49. The van der Waals surface area contributed by atoms with E-state index in [0.717, 1.165) is 67.6 Å². The minimum Gasteiger partial charge on any atom is -0.487 e. The van der Waals surface area contributed by atoms with Gasteiger partial charge in [0.05, 0.1) is 22.9 Å². The van der Waals surface area contributed by atoms with E-state index in [-0.39, 0.29) is 5.91 Å². The van der Waals surface area contributed by atoms with Crippen molar-refractivity contribution in [2.24, 2.45) is 5.92 Å². The minimum atomic E-state index is 0.0759. The van der Waals surface area contributed by atoms with E-state index in [9.17, 15) is 4.79 Å². The first kappa shape index (κ1) is 23.9. The zero-order valence-electron chi connectivity index (χ0n) is 19.9. The van der Waals surface area contributed by atoms with Crippen LogP contribution in [0.25, 0.3) is 6.08 Å². The van der Waals surface area contributed by atoms with Crippen LogP contribution in [-0.4, -0.2) is 65.6 Å². The van der Waals surface area contributed by atoms with E-state index in [4.69, 9.17) is 9.47 Å². The first-order valence-electron chi connectivity index (χ1n) is 11.9. The second-order valence-corrected chi connectivity index (χ2v) is 10.3. The van der Waals surface area contributed by atoms with Crippen molar-refractivity contribution in [3.05, 3.63) is 52.0 Å². The van der Waals surface area contributed by atoms with E-state index in [1.165, 1.54) is 0 Å². The van der Waals surface area contributed by atoms with Crippen molar-refractivity contribution in [3.63, 3.8) is 0 Å². The maximum atomic E-state index is 12.8. The minimum absolute atomic E-state index is 0.0759. The quantitative estimate of drug-likeness (QED) is 0.563. The van der Waals surface area contributed by atoms with Gasteiger partial charge in [-0.3, -0.25) is 9.69 Å². The molecule has 6 nitrogen and oxygen atoms in total. The number of likely N-dealkylation sites (tertiary alicyclic amines) is 1. The Kier molecular flexibility index (Phi) is 8.17. The van der Waals surface area contributed by atoms with Crippen LogP contribution >= 0.6 is 11.3 Å². The lowest BCUT2D eigenvalue weighted by Gasteiger charge is -2.39. The number of aryl methyl sites for hydroxylation is 1. The molecule has 2 aliphatic heterocycles. The Morgan fingerprint density at radius 3 is 2.64 bits per heavy atom. The van der Waals surface area contributed by atoms with Gasteiger partial charge in [-0.15, -0.1) is 11.3 Å². The van der Waals surface area contributed by atoms with Gasteiger partial charge in [0.1, 0.15) is 12.4 Å². The molecule has 0 bridgehead atoms. The maximum Gasteiger partial charge on any atom is 0.246 e. The normalized spacial score (nSPS) is 22.7. The Morgan fingerprint density at radius 1 is 1.21 bits per heavy atom. The second-order valence-electron chi connectivity index (χ2n) is 9.26. The molecular weight excluding hydrogens is 434 g/mol. The number of morpholine rings is 1. The van der Waals surface area contributed by atoms with Gasteiger partial charge in [0.2, 0.25) is 5.91 Å². The lowest BCUT2D eigenvalue weighted by Crippen LogP contribution is -2.48. The van der Waals surface area contributed by atoms with Crippen molar-refractivity contribution in [3.8, 4) is 5.75 Å². The molecule has 1 amide bonds. The Morgan fingerprint density at radius 2 is 1.94 bits per heavy atom. The summed E-state index contributed by atoms with van der Waals surface area (Å²) in [6.07, 6.45) is 6.28. The highest BCUT2D eigenvalue weighted by Gasteiger charge is 2.27. The van der Waals surface area contributed by atoms with Gasteiger partial charge in [-0.05, 0) is 51.7 Å². The van der Waals surface area contributed by atoms with Crippen molar-refractivity contribution in [2.45, 2.75) is 52.4 Å². The van der Waals surface area contributed by atoms with Crippen molar-refractivity contribution in [2.75, 3.05) is 32.7 Å². The van der Waals surface area contributed by atoms with Crippen LogP contribution in [-0.2, 0) is 16.1 Å². The van der Waals surface area contributed by atoms with Gasteiger partial charge in [0.25, 0.3) is 0 Å². The number of carbonyl (C=O) groups excluding carboxylic acids is 1. The van der Waals surface area contributed by atoms with Gasteiger partial charge in [0, 0.05) is 49.7 Å². The van der Waals surface area contributed by atoms with Gasteiger partial charge < -0.3 is 14.4 Å². The molecule has 0 aliphatic carbocycles. The molecule has 2 aliphatic rings. The summed E-state index contributed by atoms with van der Waals surface area (Å²) in [5.41, 5.74) is 1.83. The predicted molar refractivity (Wildman–Crippen MR) is 132 cm³/mol. The average molecular weight is 470 g/mol. The summed E-state index contributed by atoms with van der Waals surface area (Å²) in [4.78, 5) is 21.8. The van der Waals surface area contributed by atoms with Crippen LogP contribution in [0.2, 0.25) is 0 Å². The molecule has 178 valence electrons. The van der Waals surface area contributed by atoms with E-state index in [0.29, 0.717) is 24.7 Å². The smallest absolute Gasteiger partial charge is 0.246 e. The number of carbonyl (C=O) groups is 1. The number of aromatic nitrogens is 1. The van der Waals surface area contributed by atoms with Crippen LogP contribution in [0.15, 0.2) is 35.7 Å². The molecule has 2 fully saturated rings. The number of piperidine rings is 1. The standard InChI is InChI=1S/C26H35N3O3S/c1-19-14-28(15-20(2)32-19)16-22-10-12-29(13-11-22)26(30)9-8-23-6-4-5-7-25(23)31-17-24-18-33-21(3)27-24/h4-9,18-20,22H,10-17H2,1-3H3/b9-8+. The molecule has 0 saturated carbocycles. The number of benzene rings is 1. The predicted octanol–water partition coefficient (Wildman–Crippen LogP) is 4.39. The molecule has 33 heavy (non-hydrogen) atoms. The fourth-order valence-corrected chi connectivity index (χ4v) is 5.37. The van der Waals surface area contributed by atoms with Crippen LogP contribution in [0.1, 0.15) is 43.0 Å². The van der Waals surface area contributed by atoms with E-state index in [1.807, 2.05) is 47.5 Å². The molecule has 4 rings (SSSR count). The SMILES string of the molecule is Cc1nc(COc2ccccc2/C=C/C(=O)N2CCC(CN3CC(C)OC(C)C3)CC2)cs1. The lowest BCUT2D eigenvalue weighted by molar-refractivity contribution is -0.127. The number of ether oxygens (including phenoxy) is 2. The highest BCUT2D eigenvalue weighted by molar-refractivity contribution is 7.09. The topological polar surface area (TPSA) is 54.9 Å². The third-order valence-corrected chi connectivity index (χ3v) is 7.13. The molecule has 0 spiro atoms. The zero-order chi connectivity index (χ0) is 23.2. The van der Waals surface area contributed by atoms with Crippen LogP contribution in [0.5, 0.6) is 5.75 Å². The largest absolute Gasteiger partial charge is 0.487 e. The number of hydrogen-bond acceptors (Lipinski definition) is 6. The fourth-order valence-electron chi connectivity index (χ4n) is 4.78. The van der Waals surface area contributed by atoms with Gasteiger partial charge >= 0.3 is 0 Å². The Hall–Kier alpha value is -2.22. The van der Waals surface area contributed by atoms with Gasteiger partial charge in [-0.1, -0.05) is 18.2 Å². The van der Waals surface area contributed by atoms with Crippen molar-refractivity contribution in [1.82, 2.24) is 14.8 Å². The van der Waals surface area contributed by atoms with E-state index in [1.54, 1.807) is 17.4 Å². The van der Waals surface area contributed by atoms with Crippen LogP contribution in [0, 0.1) is 12.8 Å². The van der Waals surface area contributed by atoms with Crippen molar-refractivity contribution in [1.29, 1.82) is 0 Å². The van der Waals surface area contributed by atoms with Crippen LogP contribution in [0.3, 0.4) is 0 Å². The van der Waals surface area contributed by atoms with E-state index < -0.39 is 0 Å². The molecule has 2 unspecified atom stereocenters.